The molecule has 1 unspecified atom stereocenters. The van der Waals surface area contributed by atoms with Crippen LogP contribution < -0.4 is 10.6 Å². The number of halogens is 2. The van der Waals surface area contributed by atoms with E-state index < -0.39 is 41.1 Å². The summed E-state index contributed by atoms with van der Waals surface area (Å²) in [7, 11) is 0. The van der Waals surface area contributed by atoms with Gasteiger partial charge in [0.05, 0.1) is 24.8 Å². The van der Waals surface area contributed by atoms with Crippen molar-refractivity contribution in [3.05, 3.63) is 65.2 Å². The van der Waals surface area contributed by atoms with E-state index in [9.17, 15) is 23.2 Å². The minimum atomic E-state index is -1.19. The number of hydrogen-bond acceptors (Lipinski definition) is 4. The van der Waals surface area contributed by atoms with E-state index in [1.807, 2.05) is 5.32 Å². The molecule has 0 spiro atoms. The van der Waals surface area contributed by atoms with E-state index in [0.717, 1.165) is 23.8 Å². The Balaban J connectivity index is 2.16. The normalized spacial score (nSPS) is 11.4. The monoisotopic (exact) mass is 390 g/mol. The molecule has 148 valence electrons. The van der Waals surface area contributed by atoms with E-state index in [0.29, 0.717) is 5.56 Å². The van der Waals surface area contributed by atoms with Gasteiger partial charge in [-0.3, -0.25) is 14.4 Å². The van der Waals surface area contributed by atoms with Crippen LogP contribution in [0.15, 0.2) is 42.5 Å². The average Bonchev–Trinajstić information content (AvgIpc) is 2.64. The summed E-state index contributed by atoms with van der Waals surface area (Å²) in [4.78, 5) is 36.3. The van der Waals surface area contributed by atoms with Crippen molar-refractivity contribution in [1.82, 2.24) is 5.32 Å². The molecular weight excluding hydrogens is 370 g/mol. The van der Waals surface area contributed by atoms with Crippen LogP contribution in [0.5, 0.6) is 0 Å². The summed E-state index contributed by atoms with van der Waals surface area (Å²) in [5.74, 6) is -4.48. The molecule has 0 aliphatic heterocycles. The summed E-state index contributed by atoms with van der Waals surface area (Å²) >= 11 is 0. The third kappa shape index (κ3) is 5.60. The summed E-state index contributed by atoms with van der Waals surface area (Å²) in [6, 6.07) is 8.69. The van der Waals surface area contributed by atoms with Gasteiger partial charge < -0.3 is 15.4 Å². The highest BCUT2D eigenvalue weighted by Crippen LogP contribution is 2.21. The van der Waals surface area contributed by atoms with Crippen molar-refractivity contribution in [2.75, 3.05) is 11.9 Å². The van der Waals surface area contributed by atoms with Crippen LogP contribution in [-0.4, -0.2) is 24.4 Å². The molecule has 2 N–H and O–H groups in total. The second kappa shape index (κ2) is 9.59. The van der Waals surface area contributed by atoms with Crippen molar-refractivity contribution in [2.24, 2.45) is 0 Å². The molecule has 8 heteroatoms. The highest BCUT2D eigenvalue weighted by Gasteiger charge is 2.24. The van der Waals surface area contributed by atoms with E-state index in [-0.39, 0.29) is 13.0 Å². The SMILES string of the molecule is CCOC(=O)CC(NC(=O)C(=O)Nc1cc(F)ccc1F)c1ccccc1C. The van der Waals surface area contributed by atoms with E-state index >= 15 is 0 Å². The molecule has 2 aromatic carbocycles. The highest BCUT2D eigenvalue weighted by atomic mass is 19.1. The van der Waals surface area contributed by atoms with E-state index in [4.69, 9.17) is 4.74 Å². The van der Waals surface area contributed by atoms with Crippen molar-refractivity contribution in [3.63, 3.8) is 0 Å². The van der Waals surface area contributed by atoms with Crippen LogP contribution >= 0.6 is 0 Å². The van der Waals surface area contributed by atoms with Gasteiger partial charge in [-0.25, -0.2) is 8.78 Å². The molecule has 2 rings (SSSR count). The molecule has 0 aliphatic rings. The van der Waals surface area contributed by atoms with Gasteiger partial charge in [0.1, 0.15) is 11.6 Å². The fourth-order valence-corrected chi connectivity index (χ4v) is 2.60. The number of hydrogen-bond donors (Lipinski definition) is 2. The third-order valence-electron chi connectivity index (χ3n) is 3.93. The second-order valence-corrected chi connectivity index (χ2v) is 5.97. The molecule has 0 saturated carbocycles. The zero-order chi connectivity index (χ0) is 20.7. The Bertz CT molecular complexity index is 886. The fraction of sp³-hybridized carbons (Fsp3) is 0.250. The molecule has 0 saturated heterocycles. The predicted octanol–water partition coefficient (Wildman–Crippen LogP) is 3.02. The molecule has 6 nitrogen and oxygen atoms in total. The number of amides is 2. The van der Waals surface area contributed by atoms with E-state index in [1.54, 1.807) is 38.1 Å². The lowest BCUT2D eigenvalue weighted by Gasteiger charge is -2.20. The van der Waals surface area contributed by atoms with Crippen molar-refractivity contribution in [1.29, 1.82) is 0 Å². The first-order chi connectivity index (χ1) is 13.3. The molecule has 1 atom stereocenters. The van der Waals surface area contributed by atoms with Gasteiger partial charge in [-0.2, -0.15) is 0 Å². The van der Waals surface area contributed by atoms with Crippen LogP contribution in [0.1, 0.15) is 30.5 Å². The van der Waals surface area contributed by atoms with E-state index in [2.05, 4.69) is 5.32 Å². The first-order valence-electron chi connectivity index (χ1n) is 8.59. The molecule has 0 fully saturated rings. The van der Waals surface area contributed by atoms with Gasteiger partial charge in [0.25, 0.3) is 0 Å². The lowest BCUT2D eigenvalue weighted by molar-refractivity contribution is -0.144. The smallest absolute Gasteiger partial charge is 0.313 e. The van der Waals surface area contributed by atoms with Gasteiger partial charge in [-0.15, -0.1) is 0 Å². The van der Waals surface area contributed by atoms with Gasteiger partial charge in [0, 0.05) is 6.07 Å². The molecule has 2 amide bonds. The van der Waals surface area contributed by atoms with Gasteiger partial charge in [0.15, 0.2) is 0 Å². The van der Waals surface area contributed by atoms with E-state index in [1.165, 1.54) is 0 Å². The summed E-state index contributed by atoms with van der Waals surface area (Å²) < 4.78 is 31.8. The molecule has 0 aliphatic carbocycles. The first kappa shape index (κ1) is 21.0. The van der Waals surface area contributed by atoms with Crippen molar-refractivity contribution in [2.45, 2.75) is 26.3 Å². The number of carbonyl (C=O) groups is 3. The van der Waals surface area contributed by atoms with Crippen molar-refractivity contribution in [3.8, 4) is 0 Å². The minimum absolute atomic E-state index is 0.173. The van der Waals surface area contributed by atoms with Gasteiger partial charge in [0.2, 0.25) is 0 Å². The Morgan fingerprint density at radius 1 is 1.07 bits per heavy atom. The fourth-order valence-electron chi connectivity index (χ4n) is 2.60. The number of esters is 1. The Morgan fingerprint density at radius 3 is 2.46 bits per heavy atom. The number of rotatable bonds is 6. The molecule has 0 bridgehead atoms. The molecular formula is C20H20F2N2O4. The quantitative estimate of drug-likeness (QED) is 0.587. The van der Waals surface area contributed by atoms with Crippen LogP contribution in [0.4, 0.5) is 14.5 Å². The maximum Gasteiger partial charge on any atom is 0.313 e. The zero-order valence-corrected chi connectivity index (χ0v) is 15.4. The number of aryl methyl sites for hydroxylation is 1. The first-order valence-corrected chi connectivity index (χ1v) is 8.59. The number of benzene rings is 2. The van der Waals surface area contributed by atoms with Gasteiger partial charge in [-0.05, 0) is 37.1 Å². The van der Waals surface area contributed by atoms with Crippen LogP contribution in [0, 0.1) is 18.6 Å². The lowest BCUT2D eigenvalue weighted by atomic mass is 9.98. The molecule has 0 heterocycles. The van der Waals surface area contributed by atoms with Crippen LogP contribution in [0.25, 0.3) is 0 Å². The number of nitrogens with one attached hydrogen (secondary N) is 2. The lowest BCUT2D eigenvalue weighted by Crippen LogP contribution is -2.39. The molecule has 0 radical (unpaired) electrons. The molecule has 2 aromatic rings. The second-order valence-electron chi connectivity index (χ2n) is 5.97. The Kier molecular flexibility index (Phi) is 7.20. The maximum absolute atomic E-state index is 13.7. The predicted molar refractivity (Wildman–Crippen MR) is 98.3 cm³/mol. The van der Waals surface area contributed by atoms with Crippen LogP contribution in [0.2, 0.25) is 0 Å². The Hall–Kier alpha value is -3.29. The highest BCUT2D eigenvalue weighted by molar-refractivity contribution is 6.39. The van der Waals surface area contributed by atoms with Gasteiger partial charge >= 0.3 is 17.8 Å². The van der Waals surface area contributed by atoms with Crippen molar-refractivity contribution < 1.29 is 27.9 Å². The average molecular weight is 390 g/mol. The summed E-state index contributed by atoms with van der Waals surface area (Å²) in [6.45, 7) is 3.62. The van der Waals surface area contributed by atoms with Crippen molar-refractivity contribution >= 4 is 23.5 Å². The Morgan fingerprint density at radius 2 is 1.79 bits per heavy atom. The minimum Gasteiger partial charge on any atom is -0.466 e. The standard InChI is InChI=1S/C20H20F2N2O4/c1-3-28-18(25)11-16(14-7-5-4-6-12(14)2)23-19(26)20(27)24-17-10-13(21)8-9-15(17)22/h4-10,16H,3,11H2,1-2H3,(H,23,26)(H,24,27). The molecule has 28 heavy (non-hydrogen) atoms. The maximum atomic E-state index is 13.7. The number of carbonyl (C=O) groups excluding carboxylic acids is 3. The molecule has 0 aromatic heterocycles. The van der Waals surface area contributed by atoms with Gasteiger partial charge in [-0.1, -0.05) is 24.3 Å². The summed E-state index contributed by atoms with van der Waals surface area (Å²) in [5.41, 5.74) is 0.973. The summed E-state index contributed by atoms with van der Waals surface area (Å²) in [5, 5.41) is 4.47. The zero-order valence-electron chi connectivity index (χ0n) is 15.4. The third-order valence-corrected chi connectivity index (χ3v) is 3.93. The summed E-state index contributed by atoms with van der Waals surface area (Å²) in [6.07, 6.45) is -0.188. The van der Waals surface area contributed by atoms with Crippen LogP contribution in [-0.2, 0) is 19.1 Å². The largest absolute Gasteiger partial charge is 0.466 e. The number of anilines is 1. The topological polar surface area (TPSA) is 84.5 Å². The Labute approximate surface area is 160 Å². The van der Waals surface area contributed by atoms with Crippen LogP contribution in [0.3, 0.4) is 0 Å². The number of ether oxygens (including phenoxy) is 1.